The number of carbonyl (C=O) groups is 3. The van der Waals surface area contributed by atoms with Gasteiger partial charge < -0.3 is 14.6 Å². The molecule has 0 radical (unpaired) electrons. The average molecular weight is 530 g/mol. The van der Waals surface area contributed by atoms with Crippen LogP contribution in [0.3, 0.4) is 0 Å². The highest BCUT2D eigenvalue weighted by Crippen LogP contribution is 2.42. The Balaban J connectivity index is 1.24. The number of benzene rings is 3. The van der Waals surface area contributed by atoms with Gasteiger partial charge in [-0.15, -0.1) is 0 Å². The van der Waals surface area contributed by atoms with Crippen molar-refractivity contribution in [3.05, 3.63) is 77.4 Å². The van der Waals surface area contributed by atoms with Gasteiger partial charge in [-0.05, 0) is 41.1 Å². The molecule has 6 rings (SSSR count). The van der Waals surface area contributed by atoms with Crippen molar-refractivity contribution in [3.63, 3.8) is 0 Å². The first-order valence-corrected chi connectivity index (χ1v) is 13.1. The average Bonchev–Trinajstić information content (AvgIpc) is 3.34. The van der Waals surface area contributed by atoms with E-state index in [9.17, 15) is 19.5 Å². The smallest absolute Gasteiger partial charge is 0.337 e. The number of likely N-dealkylation sites (tertiary alicyclic amines) is 1. The van der Waals surface area contributed by atoms with Gasteiger partial charge in [0.25, 0.3) is 5.91 Å². The first-order chi connectivity index (χ1) is 18.8. The zero-order chi connectivity index (χ0) is 27.3. The van der Waals surface area contributed by atoms with E-state index in [0.717, 1.165) is 27.6 Å². The summed E-state index contributed by atoms with van der Waals surface area (Å²) in [5, 5.41) is 12.6. The molecule has 1 spiro atoms. The molecule has 0 saturated carbocycles. The van der Waals surface area contributed by atoms with E-state index in [4.69, 9.17) is 9.47 Å². The number of piperazine rings is 1. The van der Waals surface area contributed by atoms with Crippen molar-refractivity contribution in [2.75, 3.05) is 33.9 Å². The van der Waals surface area contributed by atoms with Crippen LogP contribution < -0.4 is 4.74 Å². The lowest BCUT2D eigenvalue weighted by Gasteiger charge is -2.58. The third-order valence-electron chi connectivity index (χ3n) is 8.30. The van der Waals surface area contributed by atoms with Gasteiger partial charge in [-0.3, -0.25) is 24.3 Å². The molecule has 0 bridgehead atoms. The van der Waals surface area contributed by atoms with Crippen molar-refractivity contribution in [3.8, 4) is 5.75 Å². The predicted octanol–water partition coefficient (Wildman–Crippen LogP) is 2.19. The van der Waals surface area contributed by atoms with E-state index in [-0.39, 0.29) is 18.4 Å². The largest absolute Gasteiger partial charge is 0.496 e. The lowest BCUT2D eigenvalue weighted by atomic mass is 9.82. The fraction of sp³-hybridized carbons (Fsp3) is 0.367. The summed E-state index contributed by atoms with van der Waals surface area (Å²) in [6, 6.07) is 18.3. The summed E-state index contributed by atoms with van der Waals surface area (Å²) in [5.41, 5.74) is 1.43. The van der Waals surface area contributed by atoms with Gasteiger partial charge >= 0.3 is 5.97 Å². The second-order valence-corrected chi connectivity index (χ2v) is 10.6. The van der Waals surface area contributed by atoms with Gasteiger partial charge in [0, 0.05) is 31.6 Å². The summed E-state index contributed by atoms with van der Waals surface area (Å²) in [6.45, 7) is 2.03. The highest BCUT2D eigenvalue weighted by molar-refractivity contribution is 6.06. The molecule has 39 heavy (non-hydrogen) atoms. The molecule has 2 atom stereocenters. The van der Waals surface area contributed by atoms with Crippen LogP contribution in [0.2, 0.25) is 0 Å². The summed E-state index contributed by atoms with van der Waals surface area (Å²) < 4.78 is 10.3. The van der Waals surface area contributed by atoms with Crippen LogP contribution in [0.4, 0.5) is 0 Å². The number of nitrogens with zero attached hydrogens (tertiary/aromatic N) is 3. The van der Waals surface area contributed by atoms with Crippen molar-refractivity contribution in [2.24, 2.45) is 0 Å². The number of hydrogen-bond donors (Lipinski definition) is 1. The number of hydrogen-bond acceptors (Lipinski definition) is 8. The zero-order valence-electron chi connectivity index (χ0n) is 22.0. The molecule has 2 unspecified atom stereocenters. The Kier molecular flexibility index (Phi) is 6.37. The van der Waals surface area contributed by atoms with Crippen molar-refractivity contribution in [1.82, 2.24) is 14.7 Å². The van der Waals surface area contributed by atoms with Crippen LogP contribution in [0.25, 0.3) is 10.8 Å². The van der Waals surface area contributed by atoms with Crippen LogP contribution in [0.5, 0.6) is 5.75 Å². The standard InChI is InChI=1S/C30H31N3O6/c1-38-26-12-11-21(23-5-3-4-6-24(23)26)15-31-17-30(18-31)29(37)32(27(35)25-13-22(34)16-33(25)30)14-19-7-9-20(10-8-19)28(36)39-2/h3-12,22,25,34H,13-18H2,1-2H3. The molecule has 3 saturated heterocycles. The molecule has 3 fully saturated rings. The number of rotatable bonds is 6. The van der Waals surface area contributed by atoms with Gasteiger partial charge in [-0.2, -0.15) is 0 Å². The number of imide groups is 1. The highest BCUT2D eigenvalue weighted by Gasteiger charge is 2.64. The molecule has 3 aliphatic heterocycles. The molecule has 9 nitrogen and oxygen atoms in total. The topological polar surface area (TPSA) is 99.6 Å². The van der Waals surface area contributed by atoms with E-state index in [1.54, 1.807) is 31.4 Å². The number of carbonyl (C=O) groups excluding carboxylic acids is 3. The third-order valence-corrected chi connectivity index (χ3v) is 8.30. The monoisotopic (exact) mass is 529 g/mol. The zero-order valence-corrected chi connectivity index (χ0v) is 22.0. The first kappa shape index (κ1) is 25.5. The minimum atomic E-state index is -0.857. The van der Waals surface area contributed by atoms with Crippen LogP contribution >= 0.6 is 0 Å². The Morgan fingerprint density at radius 3 is 2.38 bits per heavy atom. The number of β-amino-alcohol motifs (C(OH)–C–C–N with tert-alkyl or cyclic N) is 1. The Morgan fingerprint density at radius 1 is 0.974 bits per heavy atom. The lowest BCUT2D eigenvalue weighted by molar-refractivity contribution is -0.181. The van der Waals surface area contributed by atoms with Crippen molar-refractivity contribution in [1.29, 1.82) is 0 Å². The van der Waals surface area contributed by atoms with Crippen LogP contribution in [0.15, 0.2) is 60.7 Å². The molecule has 3 heterocycles. The van der Waals surface area contributed by atoms with Gasteiger partial charge in [0.1, 0.15) is 11.3 Å². The Hall–Kier alpha value is -3.79. The normalized spacial score (nSPS) is 22.7. The van der Waals surface area contributed by atoms with Crippen LogP contribution in [0.1, 0.15) is 27.9 Å². The molecular formula is C30H31N3O6. The van der Waals surface area contributed by atoms with Crippen molar-refractivity contribution in [2.45, 2.75) is 37.2 Å². The Labute approximate surface area is 226 Å². The SMILES string of the molecule is COC(=O)c1ccc(CN2C(=O)C3CC(O)CN3C3(CN(Cc4ccc(OC)c5ccccc45)C3)C2=O)cc1. The van der Waals surface area contributed by atoms with Gasteiger partial charge in [0.2, 0.25) is 5.91 Å². The maximum atomic E-state index is 14.0. The maximum absolute atomic E-state index is 14.0. The highest BCUT2D eigenvalue weighted by atomic mass is 16.5. The van der Waals surface area contributed by atoms with Gasteiger partial charge in [0.15, 0.2) is 0 Å². The molecule has 3 aromatic rings. The molecule has 1 N–H and O–H groups in total. The molecule has 3 aromatic carbocycles. The molecule has 0 aliphatic carbocycles. The van der Waals surface area contributed by atoms with E-state index < -0.39 is 23.7 Å². The fourth-order valence-electron chi connectivity index (χ4n) is 6.38. The van der Waals surface area contributed by atoms with Crippen LogP contribution in [0, 0.1) is 0 Å². The maximum Gasteiger partial charge on any atom is 0.337 e. The second-order valence-electron chi connectivity index (χ2n) is 10.6. The number of methoxy groups -OCH3 is 2. The molecular weight excluding hydrogens is 498 g/mol. The molecule has 0 aromatic heterocycles. The molecule has 9 heteroatoms. The molecule has 202 valence electrons. The summed E-state index contributed by atoms with van der Waals surface area (Å²) in [4.78, 5) is 44.7. The van der Waals surface area contributed by atoms with Crippen LogP contribution in [-0.4, -0.2) is 89.1 Å². The summed E-state index contributed by atoms with van der Waals surface area (Å²) in [7, 11) is 2.98. The number of esters is 1. The van der Waals surface area contributed by atoms with Gasteiger partial charge in [-0.25, -0.2) is 4.79 Å². The van der Waals surface area contributed by atoms with E-state index >= 15 is 0 Å². The fourth-order valence-corrected chi connectivity index (χ4v) is 6.38. The quantitative estimate of drug-likeness (QED) is 0.383. The number of fused-ring (bicyclic) bond motifs is 3. The molecule has 3 aliphatic rings. The van der Waals surface area contributed by atoms with Crippen molar-refractivity contribution >= 4 is 28.6 Å². The minimum absolute atomic E-state index is 0.115. The summed E-state index contributed by atoms with van der Waals surface area (Å²) >= 11 is 0. The van der Waals surface area contributed by atoms with E-state index in [0.29, 0.717) is 38.2 Å². The van der Waals surface area contributed by atoms with Gasteiger partial charge in [0.05, 0.1) is 38.5 Å². The Morgan fingerprint density at radius 2 is 1.69 bits per heavy atom. The Bertz CT molecular complexity index is 1450. The lowest BCUT2D eigenvalue weighted by Crippen LogP contribution is -2.81. The molecule has 2 amide bonds. The predicted molar refractivity (Wildman–Crippen MR) is 143 cm³/mol. The second kappa shape index (κ2) is 9.75. The summed E-state index contributed by atoms with van der Waals surface area (Å²) in [5.74, 6) is -0.135. The first-order valence-electron chi connectivity index (χ1n) is 13.1. The number of aliphatic hydroxyl groups is 1. The van der Waals surface area contributed by atoms with E-state index in [1.165, 1.54) is 12.0 Å². The van der Waals surface area contributed by atoms with Gasteiger partial charge in [-0.1, -0.05) is 42.5 Å². The minimum Gasteiger partial charge on any atom is -0.496 e. The number of ether oxygens (including phenoxy) is 2. The summed E-state index contributed by atoms with van der Waals surface area (Å²) in [6.07, 6.45) is -0.336. The number of aliphatic hydroxyl groups excluding tert-OH is 1. The van der Waals surface area contributed by atoms with Crippen molar-refractivity contribution < 1.29 is 29.0 Å². The van der Waals surface area contributed by atoms with Crippen LogP contribution in [-0.2, 0) is 27.4 Å². The van der Waals surface area contributed by atoms with E-state index in [1.807, 2.05) is 29.2 Å². The number of amides is 2. The third kappa shape index (κ3) is 4.17. The van der Waals surface area contributed by atoms with E-state index in [2.05, 4.69) is 17.0 Å².